The number of nitrogen functional groups attached to an aromatic ring is 1. The summed E-state index contributed by atoms with van der Waals surface area (Å²) in [5.41, 5.74) is 8.37. The van der Waals surface area contributed by atoms with Gasteiger partial charge < -0.3 is 34.9 Å². The molecule has 0 saturated carbocycles. The molecule has 0 bridgehead atoms. The van der Waals surface area contributed by atoms with Gasteiger partial charge in [0.2, 0.25) is 0 Å². The van der Waals surface area contributed by atoms with E-state index in [4.69, 9.17) is 24.9 Å². The number of nitrogens with two attached hydrogens (primary N) is 1. The Bertz CT molecular complexity index is 1320. The molecule has 0 spiro atoms. The third-order valence-electron chi connectivity index (χ3n) is 8.29. The fourth-order valence-corrected chi connectivity index (χ4v) is 5.85. The maximum absolute atomic E-state index is 11.6. The zero-order valence-corrected chi connectivity index (χ0v) is 23.3. The van der Waals surface area contributed by atoms with Gasteiger partial charge in [-0.15, -0.1) is 0 Å². The van der Waals surface area contributed by atoms with Gasteiger partial charge in [0.05, 0.1) is 50.1 Å². The molecule has 3 aromatic rings. The highest BCUT2D eigenvalue weighted by atomic mass is 16.5. The van der Waals surface area contributed by atoms with Crippen LogP contribution >= 0.6 is 0 Å². The third kappa shape index (κ3) is 5.64. The van der Waals surface area contributed by atoms with Crippen LogP contribution in [-0.4, -0.2) is 88.9 Å². The van der Waals surface area contributed by atoms with Gasteiger partial charge >= 0.3 is 0 Å². The van der Waals surface area contributed by atoms with Gasteiger partial charge in [0.1, 0.15) is 5.60 Å². The summed E-state index contributed by atoms with van der Waals surface area (Å²) in [4.78, 5) is 13.8. The minimum absolute atomic E-state index is 0.201. The molecule has 5 heterocycles. The van der Waals surface area contributed by atoms with Gasteiger partial charge in [0.25, 0.3) is 5.88 Å². The van der Waals surface area contributed by atoms with Crippen molar-refractivity contribution < 1.29 is 19.3 Å². The van der Waals surface area contributed by atoms with E-state index >= 15 is 0 Å². The van der Waals surface area contributed by atoms with E-state index in [9.17, 15) is 5.11 Å². The first-order chi connectivity index (χ1) is 19.4. The molecule has 2 aromatic heterocycles. The molecule has 3 aliphatic heterocycles. The van der Waals surface area contributed by atoms with Crippen LogP contribution in [0.1, 0.15) is 44.2 Å². The number of aromatic nitrogens is 4. The lowest BCUT2D eigenvalue weighted by Crippen LogP contribution is -2.44. The van der Waals surface area contributed by atoms with Crippen LogP contribution in [0.25, 0.3) is 11.3 Å². The van der Waals surface area contributed by atoms with Gasteiger partial charge in [-0.2, -0.15) is 5.10 Å². The normalized spacial score (nSPS) is 24.8. The lowest BCUT2D eigenvalue weighted by atomic mass is 9.86. The molecular formula is C29H39N7O4. The summed E-state index contributed by atoms with van der Waals surface area (Å²) < 4.78 is 19.4. The molecule has 2 unspecified atom stereocenters. The van der Waals surface area contributed by atoms with E-state index in [0.29, 0.717) is 43.7 Å². The monoisotopic (exact) mass is 549 g/mol. The SMILES string of the molecule is CC1COCCN1c1cc(-c2cnc(N)c(Oc3cnn(C4CCN(C)CC4)c3)n2)cc(C2(O)CCCOC2)c1. The van der Waals surface area contributed by atoms with Gasteiger partial charge in [0, 0.05) is 30.4 Å². The number of benzene rings is 1. The van der Waals surface area contributed by atoms with Crippen molar-refractivity contribution in [3.05, 3.63) is 42.4 Å². The lowest BCUT2D eigenvalue weighted by molar-refractivity contribution is -0.0902. The molecule has 11 heteroatoms. The largest absolute Gasteiger partial charge is 0.433 e. The van der Waals surface area contributed by atoms with E-state index in [1.807, 2.05) is 16.9 Å². The van der Waals surface area contributed by atoms with Crippen LogP contribution in [-0.2, 0) is 15.1 Å². The second-order valence-electron chi connectivity index (χ2n) is 11.3. The quantitative estimate of drug-likeness (QED) is 0.474. The van der Waals surface area contributed by atoms with Crippen LogP contribution in [0, 0.1) is 0 Å². The fraction of sp³-hybridized carbons (Fsp3) is 0.552. The molecule has 6 rings (SSSR count). The Morgan fingerprint density at radius 2 is 1.95 bits per heavy atom. The summed E-state index contributed by atoms with van der Waals surface area (Å²) in [6, 6.07) is 6.68. The number of hydrogen-bond donors (Lipinski definition) is 2. The number of aliphatic hydroxyl groups is 1. The zero-order chi connectivity index (χ0) is 27.7. The molecule has 3 N–H and O–H groups in total. The number of rotatable bonds is 6. The van der Waals surface area contributed by atoms with Crippen molar-refractivity contribution in [2.45, 2.75) is 50.3 Å². The first-order valence-corrected chi connectivity index (χ1v) is 14.2. The Kier molecular flexibility index (Phi) is 7.63. The smallest absolute Gasteiger partial charge is 0.263 e. The van der Waals surface area contributed by atoms with Gasteiger partial charge in [-0.1, -0.05) is 0 Å². The molecule has 3 aliphatic rings. The number of morpholine rings is 1. The predicted molar refractivity (Wildman–Crippen MR) is 152 cm³/mol. The number of piperidine rings is 1. The zero-order valence-electron chi connectivity index (χ0n) is 23.3. The van der Waals surface area contributed by atoms with Crippen LogP contribution in [0.15, 0.2) is 36.8 Å². The second kappa shape index (κ2) is 11.3. The van der Waals surface area contributed by atoms with E-state index in [2.05, 4.69) is 46.0 Å². The summed E-state index contributed by atoms with van der Waals surface area (Å²) >= 11 is 0. The van der Waals surface area contributed by atoms with E-state index in [1.54, 1.807) is 12.4 Å². The maximum atomic E-state index is 11.6. The highest BCUT2D eigenvalue weighted by Crippen LogP contribution is 2.37. The molecule has 40 heavy (non-hydrogen) atoms. The minimum Gasteiger partial charge on any atom is -0.433 e. The lowest BCUT2D eigenvalue weighted by Gasteiger charge is -2.37. The van der Waals surface area contributed by atoms with Crippen molar-refractivity contribution in [1.82, 2.24) is 24.6 Å². The number of ether oxygens (including phenoxy) is 3. The minimum atomic E-state index is -1.07. The molecule has 0 radical (unpaired) electrons. The molecule has 0 amide bonds. The molecule has 1 aromatic carbocycles. The second-order valence-corrected chi connectivity index (χ2v) is 11.3. The van der Waals surface area contributed by atoms with Gasteiger partial charge in [0.15, 0.2) is 11.6 Å². The van der Waals surface area contributed by atoms with E-state index < -0.39 is 5.60 Å². The van der Waals surface area contributed by atoms with Crippen LogP contribution < -0.4 is 15.4 Å². The molecule has 0 aliphatic carbocycles. The third-order valence-corrected chi connectivity index (χ3v) is 8.29. The number of anilines is 2. The predicted octanol–water partition coefficient (Wildman–Crippen LogP) is 3.20. The number of nitrogens with zero attached hydrogens (tertiary/aromatic N) is 6. The van der Waals surface area contributed by atoms with Crippen LogP contribution in [0.5, 0.6) is 11.6 Å². The Labute approximate surface area is 234 Å². The summed E-state index contributed by atoms with van der Waals surface area (Å²) in [6.07, 6.45) is 8.79. The summed E-state index contributed by atoms with van der Waals surface area (Å²) in [5.74, 6) is 1.00. The highest BCUT2D eigenvalue weighted by Gasteiger charge is 2.34. The van der Waals surface area contributed by atoms with E-state index in [-0.39, 0.29) is 24.3 Å². The fourth-order valence-electron chi connectivity index (χ4n) is 5.85. The molecule has 3 fully saturated rings. The first kappa shape index (κ1) is 26.9. The number of hydrogen-bond acceptors (Lipinski definition) is 10. The van der Waals surface area contributed by atoms with Crippen LogP contribution in [0.2, 0.25) is 0 Å². The van der Waals surface area contributed by atoms with Gasteiger partial charge in [-0.05, 0) is 76.5 Å². The molecule has 3 saturated heterocycles. The highest BCUT2D eigenvalue weighted by molar-refractivity contribution is 5.69. The van der Waals surface area contributed by atoms with Crippen molar-refractivity contribution in [3.63, 3.8) is 0 Å². The standard InChI is InChI=1S/C29H39N7O4/c1-20-18-38-11-9-35(20)24-13-21(12-22(14-24)29(37)6-3-10-39-19-29)26-16-31-27(30)28(33-26)40-25-15-32-36(17-25)23-4-7-34(2)8-5-23/h12-17,20,23,37H,3-11,18-19H2,1-2H3,(H2,30,31). The van der Waals surface area contributed by atoms with E-state index in [0.717, 1.165) is 55.7 Å². The van der Waals surface area contributed by atoms with Gasteiger partial charge in [-0.25, -0.2) is 9.97 Å². The van der Waals surface area contributed by atoms with Crippen molar-refractivity contribution >= 4 is 11.5 Å². The van der Waals surface area contributed by atoms with Crippen molar-refractivity contribution in [1.29, 1.82) is 0 Å². The van der Waals surface area contributed by atoms with Crippen LogP contribution in [0.3, 0.4) is 0 Å². The average Bonchev–Trinajstić information content (AvgIpc) is 3.43. The van der Waals surface area contributed by atoms with Crippen molar-refractivity contribution in [2.24, 2.45) is 0 Å². The topological polar surface area (TPSA) is 124 Å². The van der Waals surface area contributed by atoms with Crippen molar-refractivity contribution in [3.8, 4) is 22.9 Å². The molecule has 11 nitrogen and oxygen atoms in total. The first-order valence-electron chi connectivity index (χ1n) is 14.2. The Morgan fingerprint density at radius 3 is 2.73 bits per heavy atom. The molecule has 2 atom stereocenters. The number of likely N-dealkylation sites (tertiary alicyclic amines) is 1. The van der Waals surface area contributed by atoms with Gasteiger partial charge in [-0.3, -0.25) is 4.68 Å². The summed E-state index contributed by atoms with van der Waals surface area (Å²) in [7, 11) is 2.14. The Balaban J connectivity index is 1.31. The Morgan fingerprint density at radius 1 is 1.10 bits per heavy atom. The molecule has 214 valence electrons. The van der Waals surface area contributed by atoms with Crippen molar-refractivity contribution in [2.75, 3.05) is 63.7 Å². The average molecular weight is 550 g/mol. The molecular weight excluding hydrogens is 510 g/mol. The Hall–Kier alpha value is -3.25. The van der Waals surface area contributed by atoms with E-state index in [1.165, 1.54) is 0 Å². The summed E-state index contributed by atoms with van der Waals surface area (Å²) in [6.45, 7) is 7.23. The maximum Gasteiger partial charge on any atom is 0.263 e. The summed E-state index contributed by atoms with van der Waals surface area (Å²) in [5, 5.41) is 16.1. The van der Waals surface area contributed by atoms with Crippen LogP contribution in [0.4, 0.5) is 11.5 Å².